The third kappa shape index (κ3) is 57.5. The maximum atomic E-state index is 12.9. The van der Waals surface area contributed by atoms with Crippen molar-refractivity contribution in [2.45, 2.75) is 219 Å². The first-order valence-electron chi connectivity index (χ1n) is 28.7. The molecule has 0 aromatic rings. The highest BCUT2D eigenvalue weighted by atomic mass is 16.6. The van der Waals surface area contributed by atoms with Gasteiger partial charge in [-0.15, -0.1) is 0 Å². The summed E-state index contributed by atoms with van der Waals surface area (Å²) < 4.78 is 16.8. The lowest BCUT2D eigenvalue weighted by Crippen LogP contribution is -2.30. The topological polar surface area (TPSA) is 78.9 Å². The Morgan fingerprint density at radius 1 is 0.301 bits per heavy atom. The van der Waals surface area contributed by atoms with Crippen molar-refractivity contribution in [3.63, 3.8) is 0 Å². The van der Waals surface area contributed by atoms with Crippen molar-refractivity contribution in [2.75, 3.05) is 13.2 Å². The summed E-state index contributed by atoms with van der Waals surface area (Å²) in [6, 6.07) is 0. The molecule has 0 spiro atoms. The van der Waals surface area contributed by atoms with Crippen molar-refractivity contribution in [2.24, 2.45) is 0 Å². The number of hydrogen-bond acceptors (Lipinski definition) is 6. The Balaban J connectivity index is 4.61. The van der Waals surface area contributed by atoms with Crippen LogP contribution in [0.2, 0.25) is 0 Å². The van der Waals surface area contributed by atoms with Crippen LogP contribution in [0.4, 0.5) is 0 Å². The molecule has 0 aliphatic heterocycles. The minimum Gasteiger partial charge on any atom is -0.462 e. The van der Waals surface area contributed by atoms with Crippen LogP contribution in [-0.4, -0.2) is 37.2 Å². The lowest BCUT2D eigenvalue weighted by atomic mass is 10.1. The van der Waals surface area contributed by atoms with Crippen molar-refractivity contribution >= 4 is 17.9 Å². The van der Waals surface area contributed by atoms with E-state index in [1.165, 1.54) is 51.4 Å². The Labute approximate surface area is 447 Å². The molecule has 0 aliphatic carbocycles. The Kier molecular flexibility index (Phi) is 55.1. The Bertz CT molecular complexity index is 1720. The third-order valence-corrected chi connectivity index (χ3v) is 11.4. The van der Waals surface area contributed by atoms with Crippen molar-refractivity contribution in [1.82, 2.24) is 0 Å². The maximum Gasteiger partial charge on any atom is 0.306 e. The van der Waals surface area contributed by atoms with Gasteiger partial charge < -0.3 is 14.2 Å². The molecule has 0 heterocycles. The number of ether oxygens (including phenoxy) is 3. The van der Waals surface area contributed by atoms with Gasteiger partial charge in [-0.25, -0.2) is 0 Å². The van der Waals surface area contributed by atoms with Crippen LogP contribution in [-0.2, 0) is 28.6 Å². The molecule has 0 aromatic heterocycles. The van der Waals surface area contributed by atoms with E-state index in [0.717, 1.165) is 109 Å². The summed E-state index contributed by atoms with van der Waals surface area (Å²) >= 11 is 0. The first-order valence-corrected chi connectivity index (χ1v) is 28.7. The van der Waals surface area contributed by atoms with E-state index in [1.807, 2.05) is 72.9 Å². The summed E-state index contributed by atoms with van der Waals surface area (Å²) in [5.74, 6) is -1.02. The molecule has 1 unspecified atom stereocenters. The van der Waals surface area contributed by atoms with Gasteiger partial charge in [-0.1, -0.05) is 249 Å². The standard InChI is InChI=1S/C67H102O6/c1-4-7-10-13-16-19-22-25-28-31-33-36-39-42-45-48-51-54-57-60-66(69)72-63-64(62-71-65(68)59-56-53-50-47-44-41-38-35-30-27-24-21-18-15-12-9-6-3)73-67(70)61-58-55-52-49-46-43-40-37-34-32-29-26-23-20-17-14-11-8-5-2/h7-8,10-11,13,16-22,25-31,33-34,36-37,39,42-43,45-46,64H,4-6,9,12,14-15,23-24,32,35,38,40-41,44,47-63H2,1-3H3/b10-7-,11-8-,16-13-,20-17-,21-18-,22-19-,28-25-,29-26-,30-27-,33-31+,37-34-,39-36-,45-42-,46-43-. The second-order valence-electron chi connectivity index (χ2n) is 18.3. The number of hydrogen-bond donors (Lipinski definition) is 0. The molecule has 0 radical (unpaired) electrons. The zero-order valence-corrected chi connectivity index (χ0v) is 46.3. The fourth-order valence-corrected chi connectivity index (χ4v) is 7.13. The fourth-order valence-electron chi connectivity index (χ4n) is 7.13. The van der Waals surface area contributed by atoms with Crippen molar-refractivity contribution in [3.05, 3.63) is 170 Å². The summed E-state index contributed by atoms with van der Waals surface area (Å²) in [6.07, 6.45) is 87.6. The molecule has 406 valence electrons. The predicted octanol–water partition coefficient (Wildman–Crippen LogP) is 19.5. The molecule has 0 aliphatic rings. The van der Waals surface area contributed by atoms with E-state index >= 15 is 0 Å². The molecule has 0 rings (SSSR count). The average molecular weight is 1000 g/mol. The maximum absolute atomic E-state index is 12.9. The first-order chi connectivity index (χ1) is 36.0. The molecule has 6 nitrogen and oxygen atoms in total. The van der Waals surface area contributed by atoms with Gasteiger partial charge in [-0.2, -0.15) is 0 Å². The largest absolute Gasteiger partial charge is 0.462 e. The van der Waals surface area contributed by atoms with Crippen LogP contribution in [0.15, 0.2) is 170 Å². The molecule has 0 bridgehead atoms. The van der Waals surface area contributed by atoms with Gasteiger partial charge in [0.1, 0.15) is 13.2 Å². The smallest absolute Gasteiger partial charge is 0.306 e. The van der Waals surface area contributed by atoms with E-state index in [9.17, 15) is 14.4 Å². The van der Waals surface area contributed by atoms with Gasteiger partial charge in [-0.3, -0.25) is 14.4 Å². The average Bonchev–Trinajstić information content (AvgIpc) is 3.39. The van der Waals surface area contributed by atoms with Gasteiger partial charge in [0.25, 0.3) is 0 Å². The zero-order valence-electron chi connectivity index (χ0n) is 46.3. The second kappa shape index (κ2) is 59.3. The summed E-state index contributed by atoms with van der Waals surface area (Å²) in [4.78, 5) is 38.2. The predicted molar refractivity (Wildman–Crippen MR) is 315 cm³/mol. The fraction of sp³-hybridized carbons (Fsp3) is 0.537. The normalized spacial score (nSPS) is 13.4. The van der Waals surface area contributed by atoms with Crippen molar-refractivity contribution in [3.8, 4) is 0 Å². The van der Waals surface area contributed by atoms with E-state index in [2.05, 4.69) is 118 Å². The zero-order chi connectivity index (χ0) is 52.9. The summed E-state index contributed by atoms with van der Waals surface area (Å²) in [5, 5.41) is 0. The van der Waals surface area contributed by atoms with Gasteiger partial charge in [0, 0.05) is 19.3 Å². The molecule has 73 heavy (non-hydrogen) atoms. The van der Waals surface area contributed by atoms with Crippen LogP contribution < -0.4 is 0 Å². The highest BCUT2D eigenvalue weighted by Crippen LogP contribution is 2.13. The molecule has 0 N–H and O–H groups in total. The molecular weight excluding hydrogens is 901 g/mol. The van der Waals surface area contributed by atoms with Gasteiger partial charge >= 0.3 is 17.9 Å². The molecule has 0 amide bonds. The number of carbonyl (C=O) groups excluding carboxylic acids is 3. The quantitative estimate of drug-likeness (QED) is 0.0199. The molecule has 6 heteroatoms. The number of esters is 3. The SMILES string of the molecule is CC\C=C/C=C\C=C/C=C\C=C\C=C/C=C\CCCCCC(=O)OCC(COC(=O)CCCCCCCCC/C=C\C/C=C\CCCCC)OC(=O)CCCCC/C=C\C/C=C\C/C=C\C/C=C\C/C=C\CC. The molecule has 0 saturated heterocycles. The van der Waals surface area contributed by atoms with Crippen LogP contribution in [0.1, 0.15) is 213 Å². The van der Waals surface area contributed by atoms with E-state index in [0.29, 0.717) is 19.3 Å². The summed E-state index contributed by atoms with van der Waals surface area (Å²) in [7, 11) is 0. The van der Waals surface area contributed by atoms with E-state index < -0.39 is 6.10 Å². The summed E-state index contributed by atoms with van der Waals surface area (Å²) in [5.41, 5.74) is 0. The highest BCUT2D eigenvalue weighted by Gasteiger charge is 2.19. The monoisotopic (exact) mass is 1000 g/mol. The van der Waals surface area contributed by atoms with Gasteiger partial charge in [0.2, 0.25) is 0 Å². The van der Waals surface area contributed by atoms with Crippen LogP contribution in [0.25, 0.3) is 0 Å². The van der Waals surface area contributed by atoms with Crippen molar-refractivity contribution in [1.29, 1.82) is 0 Å². The van der Waals surface area contributed by atoms with Crippen LogP contribution >= 0.6 is 0 Å². The minimum absolute atomic E-state index is 0.120. The Hall–Kier alpha value is -5.23. The Morgan fingerprint density at radius 2 is 0.603 bits per heavy atom. The van der Waals surface area contributed by atoms with Crippen molar-refractivity contribution < 1.29 is 28.6 Å². The number of allylic oxidation sites excluding steroid dienone is 28. The number of carbonyl (C=O) groups is 3. The molecular formula is C67H102O6. The van der Waals surface area contributed by atoms with Gasteiger partial charge in [0.15, 0.2) is 6.10 Å². The van der Waals surface area contributed by atoms with E-state index in [1.54, 1.807) is 0 Å². The van der Waals surface area contributed by atoms with Gasteiger partial charge in [0.05, 0.1) is 0 Å². The Morgan fingerprint density at radius 3 is 1.01 bits per heavy atom. The second-order valence-corrected chi connectivity index (χ2v) is 18.3. The molecule has 1 atom stereocenters. The summed E-state index contributed by atoms with van der Waals surface area (Å²) in [6.45, 7) is 6.26. The van der Waals surface area contributed by atoms with Crippen LogP contribution in [0.5, 0.6) is 0 Å². The van der Waals surface area contributed by atoms with Crippen LogP contribution in [0, 0.1) is 0 Å². The molecule has 0 saturated carbocycles. The molecule has 0 fully saturated rings. The van der Waals surface area contributed by atoms with Crippen LogP contribution in [0.3, 0.4) is 0 Å². The highest BCUT2D eigenvalue weighted by molar-refractivity contribution is 5.71. The van der Waals surface area contributed by atoms with E-state index in [-0.39, 0.29) is 44.0 Å². The number of rotatable bonds is 49. The van der Waals surface area contributed by atoms with Gasteiger partial charge in [-0.05, 0) is 116 Å². The number of unbranched alkanes of at least 4 members (excludes halogenated alkanes) is 16. The first kappa shape index (κ1) is 67.8. The molecule has 0 aromatic carbocycles. The van der Waals surface area contributed by atoms with E-state index in [4.69, 9.17) is 14.2 Å². The lowest BCUT2D eigenvalue weighted by molar-refractivity contribution is -0.167. The lowest BCUT2D eigenvalue weighted by Gasteiger charge is -2.18. The minimum atomic E-state index is -0.829. The third-order valence-electron chi connectivity index (χ3n) is 11.4.